The molecule has 0 fully saturated rings. The average Bonchev–Trinajstić information content (AvgIpc) is 2.65. The van der Waals surface area contributed by atoms with Gasteiger partial charge in [-0.25, -0.2) is 13.1 Å². The number of nitrogens with one attached hydrogen (secondary N) is 1. The van der Waals surface area contributed by atoms with Crippen LogP contribution in [0, 0.1) is 0 Å². The van der Waals surface area contributed by atoms with Gasteiger partial charge in [0.05, 0.1) is 6.61 Å². The second-order valence-corrected chi connectivity index (χ2v) is 7.02. The monoisotopic (exact) mass is 343 g/mol. The normalized spacial score (nSPS) is 13.8. The summed E-state index contributed by atoms with van der Waals surface area (Å²) in [4.78, 5) is 0. The molecule has 98 valence electrons. The molecular formula is C9H14BrNO4S2. The number of ether oxygens (including phenoxy) is 1. The molecule has 1 unspecified atom stereocenters. The second-order valence-electron chi connectivity index (χ2n) is 3.34. The Labute approximate surface area is 113 Å². The van der Waals surface area contributed by atoms with E-state index in [2.05, 4.69) is 20.7 Å². The number of hydrogen-bond donors (Lipinski definition) is 2. The van der Waals surface area contributed by atoms with Gasteiger partial charge < -0.3 is 9.84 Å². The van der Waals surface area contributed by atoms with E-state index < -0.39 is 16.1 Å². The molecule has 0 aliphatic heterocycles. The molecule has 0 bridgehead atoms. The SMILES string of the molecule is COCC(CCO)NS(=O)(=O)c1sccc1Br. The Morgan fingerprint density at radius 1 is 1.65 bits per heavy atom. The van der Waals surface area contributed by atoms with Crippen LogP contribution < -0.4 is 4.72 Å². The van der Waals surface area contributed by atoms with Gasteiger partial charge in [-0.2, -0.15) is 0 Å². The van der Waals surface area contributed by atoms with E-state index in [9.17, 15) is 8.42 Å². The summed E-state index contributed by atoms with van der Waals surface area (Å²) in [6.07, 6.45) is 0.316. The highest BCUT2D eigenvalue weighted by Gasteiger charge is 2.23. The molecule has 2 N–H and O–H groups in total. The van der Waals surface area contributed by atoms with Crippen LogP contribution in [0.2, 0.25) is 0 Å². The fraction of sp³-hybridized carbons (Fsp3) is 0.556. The predicted octanol–water partition coefficient (Wildman–Crippen LogP) is 1.19. The van der Waals surface area contributed by atoms with E-state index in [1.54, 1.807) is 11.4 Å². The third-order valence-electron chi connectivity index (χ3n) is 2.00. The fourth-order valence-electron chi connectivity index (χ4n) is 1.28. The summed E-state index contributed by atoms with van der Waals surface area (Å²) in [6.45, 7) is 0.130. The molecule has 1 aromatic heterocycles. The second kappa shape index (κ2) is 6.81. The van der Waals surface area contributed by atoms with Crippen molar-refractivity contribution in [3.63, 3.8) is 0 Å². The molecule has 0 amide bonds. The predicted molar refractivity (Wildman–Crippen MR) is 69.7 cm³/mol. The number of rotatable bonds is 7. The third-order valence-corrected chi connectivity index (χ3v) is 6.19. The molecule has 5 nitrogen and oxygen atoms in total. The average molecular weight is 344 g/mol. The minimum absolute atomic E-state index is 0.0951. The Hall–Kier alpha value is 0.01000. The molecule has 1 atom stereocenters. The summed E-state index contributed by atoms with van der Waals surface area (Å²) in [5.74, 6) is 0. The van der Waals surface area contributed by atoms with Crippen LogP contribution in [0.3, 0.4) is 0 Å². The lowest BCUT2D eigenvalue weighted by molar-refractivity contribution is 0.158. The Morgan fingerprint density at radius 2 is 2.35 bits per heavy atom. The molecule has 0 aliphatic rings. The van der Waals surface area contributed by atoms with E-state index in [0.717, 1.165) is 11.3 Å². The van der Waals surface area contributed by atoms with Crippen LogP contribution in [0.5, 0.6) is 0 Å². The van der Waals surface area contributed by atoms with Crippen LogP contribution in [-0.2, 0) is 14.8 Å². The molecule has 17 heavy (non-hydrogen) atoms. The molecule has 8 heteroatoms. The third kappa shape index (κ3) is 4.31. The number of aliphatic hydroxyl groups is 1. The van der Waals surface area contributed by atoms with Crippen LogP contribution in [-0.4, -0.2) is 39.9 Å². The van der Waals surface area contributed by atoms with Crippen LogP contribution in [0.1, 0.15) is 6.42 Å². The zero-order valence-corrected chi connectivity index (χ0v) is 12.4. The molecule has 1 heterocycles. The van der Waals surface area contributed by atoms with Crippen molar-refractivity contribution in [3.8, 4) is 0 Å². The van der Waals surface area contributed by atoms with E-state index in [4.69, 9.17) is 9.84 Å². The molecule has 0 saturated carbocycles. The standard InChI is InChI=1S/C9H14BrNO4S2/c1-15-6-7(2-4-12)11-17(13,14)9-8(10)3-5-16-9/h3,5,7,11-12H,2,4,6H2,1H3. The van der Waals surface area contributed by atoms with Crippen LogP contribution >= 0.6 is 27.3 Å². The first-order chi connectivity index (χ1) is 8.01. The maximum Gasteiger partial charge on any atom is 0.251 e. The van der Waals surface area contributed by atoms with Gasteiger partial charge in [0.1, 0.15) is 4.21 Å². The van der Waals surface area contributed by atoms with Crippen molar-refractivity contribution in [1.29, 1.82) is 0 Å². The van der Waals surface area contributed by atoms with Gasteiger partial charge >= 0.3 is 0 Å². The molecule has 0 saturated heterocycles. The highest BCUT2D eigenvalue weighted by atomic mass is 79.9. The molecule has 1 rings (SSSR count). The van der Waals surface area contributed by atoms with Gasteiger partial charge in [-0.3, -0.25) is 0 Å². The summed E-state index contributed by atoms with van der Waals surface area (Å²) < 4.78 is 32.2. The van der Waals surface area contributed by atoms with Gasteiger partial charge in [0, 0.05) is 24.2 Å². The summed E-state index contributed by atoms with van der Waals surface area (Å²) in [7, 11) is -2.07. The van der Waals surface area contributed by atoms with Crippen molar-refractivity contribution >= 4 is 37.3 Å². The largest absolute Gasteiger partial charge is 0.396 e. The maximum absolute atomic E-state index is 12.0. The minimum atomic E-state index is -3.56. The number of methoxy groups -OCH3 is 1. The van der Waals surface area contributed by atoms with Gasteiger partial charge in [0.2, 0.25) is 0 Å². The van der Waals surface area contributed by atoms with Crippen molar-refractivity contribution in [2.24, 2.45) is 0 Å². The van der Waals surface area contributed by atoms with E-state index in [1.165, 1.54) is 7.11 Å². The molecule has 1 aromatic rings. The first-order valence-corrected chi connectivity index (χ1v) is 8.02. The van der Waals surface area contributed by atoms with Gasteiger partial charge in [0.15, 0.2) is 0 Å². The van der Waals surface area contributed by atoms with Gasteiger partial charge in [-0.15, -0.1) is 11.3 Å². The lowest BCUT2D eigenvalue weighted by Crippen LogP contribution is -2.38. The van der Waals surface area contributed by atoms with Crippen molar-refractivity contribution in [2.75, 3.05) is 20.3 Å². The summed E-state index contributed by atoms with van der Waals surface area (Å²) in [6, 6.07) is 1.25. The van der Waals surface area contributed by atoms with E-state index in [-0.39, 0.29) is 17.4 Å². The lowest BCUT2D eigenvalue weighted by Gasteiger charge is -2.16. The number of sulfonamides is 1. The summed E-state index contributed by atoms with van der Waals surface area (Å²) >= 11 is 4.31. The Bertz CT molecular complexity index is 440. The van der Waals surface area contributed by atoms with Gasteiger partial charge in [-0.05, 0) is 33.8 Å². The molecule has 0 aromatic carbocycles. The van der Waals surface area contributed by atoms with Crippen LogP contribution in [0.25, 0.3) is 0 Å². The number of halogens is 1. The minimum Gasteiger partial charge on any atom is -0.396 e. The molecule has 0 aliphatic carbocycles. The highest BCUT2D eigenvalue weighted by molar-refractivity contribution is 9.10. The van der Waals surface area contributed by atoms with Crippen molar-refractivity contribution in [1.82, 2.24) is 4.72 Å². The number of aliphatic hydroxyl groups excluding tert-OH is 1. The van der Waals surface area contributed by atoms with E-state index in [0.29, 0.717) is 10.9 Å². The first kappa shape index (κ1) is 15.1. The fourth-order valence-corrected chi connectivity index (χ4v) is 4.89. The highest BCUT2D eigenvalue weighted by Crippen LogP contribution is 2.27. The first-order valence-electron chi connectivity index (χ1n) is 4.86. The summed E-state index contributed by atoms with van der Waals surface area (Å²) in [5, 5.41) is 10.5. The Morgan fingerprint density at radius 3 is 2.82 bits per heavy atom. The van der Waals surface area contributed by atoms with Crippen molar-refractivity contribution in [3.05, 3.63) is 15.9 Å². The number of hydrogen-bond acceptors (Lipinski definition) is 5. The van der Waals surface area contributed by atoms with Gasteiger partial charge in [0.25, 0.3) is 10.0 Å². The zero-order chi connectivity index (χ0) is 12.9. The summed E-state index contributed by atoms with van der Waals surface area (Å²) in [5.41, 5.74) is 0. The van der Waals surface area contributed by atoms with E-state index >= 15 is 0 Å². The molecule has 0 spiro atoms. The Kier molecular flexibility index (Phi) is 6.04. The molecule has 0 radical (unpaired) electrons. The van der Waals surface area contributed by atoms with Crippen LogP contribution in [0.4, 0.5) is 0 Å². The quantitative estimate of drug-likeness (QED) is 0.779. The maximum atomic E-state index is 12.0. The smallest absolute Gasteiger partial charge is 0.251 e. The van der Waals surface area contributed by atoms with Crippen molar-refractivity contribution < 1.29 is 18.3 Å². The zero-order valence-electron chi connectivity index (χ0n) is 9.22. The van der Waals surface area contributed by atoms with Crippen LogP contribution in [0.15, 0.2) is 20.1 Å². The Balaban J connectivity index is 2.81. The number of thiophene rings is 1. The topological polar surface area (TPSA) is 75.6 Å². The van der Waals surface area contributed by atoms with Gasteiger partial charge in [-0.1, -0.05) is 0 Å². The van der Waals surface area contributed by atoms with Crippen molar-refractivity contribution in [2.45, 2.75) is 16.7 Å². The molecular weight excluding hydrogens is 330 g/mol. The van der Waals surface area contributed by atoms with E-state index in [1.807, 2.05) is 0 Å². The lowest BCUT2D eigenvalue weighted by atomic mass is 10.2.